The monoisotopic (exact) mass is 167 g/mol. The summed E-state index contributed by atoms with van der Waals surface area (Å²) in [6, 6.07) is 1.79. The van der Waals surface area contributed by atoms with Gasteiger partial charge in [0.25, 0.3) is 0 Å². The molecule has 0 aromatic carbocycles. The maximum Gasteiger partial charge on any atom is 0.126 e. The topological polar surface area (TPSA) is 61.0 Å². The molecule has 0 saturated carbocycles. The Kier molecular flexibility index (Phi) is 3.47. The van der Waals surface area contributed by atoms with E-state index >= 15 is 0 Å². The fourth-order valence-electron chi connectivity index (χ4n) is 0.949. The summed E-state index contributed by atoms with van der Waals surface area (Å²) < 4.78 is 4.92. The molecule has 0 unspecified atom stereocenters. The van der Waals surface area contributed by atoms with Gasteiger partial charge in [-0.15, -0.1) is 0 Å². The van der Waals surface area contributed by atoms with E-state index < -0.39 is 0 Å². The van der Waals surface area contributed by atoms with Gasteiger partial charge in [-0.2, -0.15) is 0 Å². The van der Waals surface area contributed by atoms with Crippen LogP contribution >= 0.6 is 0 Å². The van der Waals surface area contributed by atoms with Crippen LogP contribution in [0.25, 0.3) is 0 Å². The minimum Gasteiger partial charge on any atom is -0.385 e. The van der Waals surface area contributed by atoms with Crippen molar-refractivity contribution < 1.29 is 4.74 Å². The van der Waals surface area contributed by atoms with Gasteiger partial charge in [-0.25, -0.2) is 9.97 Å². The summed E-state index contributed by atoms with van der Waals surface area (Å²) in [6.45, 7) is 0.754. The van der Waals surface area contributed by atoms with Gasteiger partial charge in [0.2, 0.25) is 0 Å². The minimum absolute atomic E-state index is 0.525. The highest BCUT2D eigenvalue weighted by Gasteiger charge is 1.95. The van der Waals surface area contributed by atoms with Crippen molar-refractivity contribution in [2.75, 3.05) is 19.5 Å². The predicted octanol–water partition coefficient (Wildman–Crippen LogP) is 0.638. The number of nitrogen functional groups attached to an aromatic ring is 1. The molecule has 0 aliphatic heterocycles. The first-order chi connectivity index (χ1) is 5.83. The second-order valence-corrected chi connectivity index (χ2v) is 2.53. The highest BCUT2D eigenvalue weighted by Crippen LogP contribution is 2.01. The molecule has 2 N–H and O–H groups in total. The molecule has 4 heteroatoms. The predicted molar refractivity (Wildman–Crippen MR) is 46.6 cm³/mol. The second-order valence-electron chi connectivity index (χ2n) is 2.53. The number of nitrogens with two attached hydrogens (primary N) is 1. The molecular formula is C8H13N3O. The molecule has 0 saturated heterocycles. The molecule has 0 bridgehead atoms. The number of aryl methyl sites for hydroxylation is 1. The van der Waals surface area contributed by atoms with Crippen molar-refractivity contribution in [3.63, 3.8) is 0 Å². The highest BCUT2D eigenvalue weighted by molar-refractivity contribution is 5.27. The molecule has 0 fully saturated rings. The average molecular weight is 167 g/mol. The van der Waals surface area contributed by atoms with Crippen LogP contribution in [-0.2, 0) is 11.2 Å². The summed E-state index contributed by atoms with van der Waals surface area (Å²) in [5.74, 6) is 0.525. The number of aromatic nitrogens is 2. The van der Waals surface area contributed by atoms with Gasteiger partial charge in [-0.05, 0) is 12.8 Å². The third-order valence-electron chi connectivity index (χ3n) is 1.53. The van der Waals surface area contributed by atoms with Crippen molar-refractivity contribution in [2.24, 2.45) is 0 Å². The fourth-order valence-corrected chi connectivity index (χ4v) is 0.949. The maximum absolute atomic E-state index is 5.48. The Morgan fingerprint density at radius 1 is 1.50 bits per heavy atom. The van der Waals surface area contributed by atoms with Gasteiger partial charge in [-0.1, -0.05) is 0 Å². The zero-order valence-electron chi connectivity index (χ0n) is 7.16. The van der Waals surface area contributed by atoms with Crippen molar-refractivity contribution in [3.05, 3.63) is 18.1 Å². The summed E-state index contributed by atoms with van der Waals surface area (Å²) in [4.78, 5) is 7.87. The van der Waals surface area contributed by atoms with Crippen LogP contribution in [-0.4, -0.2) is 23.7 Å². The summed E-state index contributed by atoms with van der Waals surface area (Å²) in [5, 5.41) is 0. The summed E-state index contributed by atoms with van der Waals surface area (Å²) in [7, 11) is 1.69. The van der Waals surface area contributed by atoms with Crippen molar-refractivity contribution in [3.8, 4) is 0 Å². The normalized spacial score (nSPS) is 10.1. The van der Waals surface area contributed by atoms with Crippen molar-refractivity contribution in [1.29, 1.82) is 0 Å². The third-order valence-corrected chi connectivity index (χ3v) is 1.53. The van der Waals surface area contributed by atoms with Gasteiger partial charge in [0.15, 0.2) is 0 Å². The summed E-state index contributed by atoms with van der Waals surface area (Å²) in [5.41, 5.74) is 6.45. The van der Waals surface area contributed by atoms with Crippen LogP contribution in [0.4, 0.5) is 5.82 Å². The molecule has 1 heterocycles. The van der Waals surface area contributed by atoms with E-state index in [9.17, 15) is 0 Å². The first kappa shape index (κ1) is 8.93. The maximum atomic E-state index is 5.48. The number of hydrogen-bond donors (Lipinski definition) is 1. The number of hydrogen-bond acceptors (Lipinski definition) is 4. The molecule has 1 aromatic rings. The molecule has 0 amide bonds. The standard InChI is InChI=1S/C8H13N3O/c1-12-4-2-3-7-5-8(9)11-6-10-7/h5-6H,2-4H2,1H3,(H2,9,10,11). The largest absolute Gasteiger partial charge is 0.385 e. The Morgan fingerprint density at radius 3 is 3.00 bits per heavy atom. The van der Waals surface area contributed by atoms with Gasteiger partial charge in [0.1, 0.15) is 12.1 Å². The van der Waals surface area contributed by atoms with Crippen molar-refractivity contribution >= 4 is 5.82 Å². The Labute approximate surface area is 71.8 Å². The Bertz CT molecular complexity index is 239. The van der Waals surface area contributed by atoms with E-state index in [-0.39, 0.29) is 0 Å². The van der Waals surface area contributed by atoms with Crippen LogP contribution in [0.2, 0.25) is 0 Å². The van der Waals surface area contributed by atoms with E-state index in [1.165, 1.54) is 6.33 Å². The molecule has 1 aromatic heterocycles. The second kappa shape index (κ2) is 4.66. The molecule has 0 aliphatic carbocycles. The van der Waals surface area contributed by atoms with Gasteiger partial charge in [0.05, 0.1) is 0 Å². The van der Waals surface area contributed by atoms with Gasteiger partial charge >= 0.3 is 0 Å². The molecule has 66 valence electrons. The van der Waals surface area contributed by atoms with Crippen LogP contribution < -0.4 is 5.73 Å². The lowest BCUT2D eigenvalue weighted by Crippen LogP contribution is -1.98. The lowest BCUT2D eigenvalue weighted by Gasteiger charge is -1.99. The first-order valence-corrected chi connectivity index (χ1v) is 3.88. The zero-order valence-corrected chi connectivity index (χ0v) is 7.16. The molecule has 0 radical (unpaired) electrons. The van der Waals surface area contributed by atoms with Crippen LogP contribution in [0.15, 0.2) is 12.4 Å². The average Bonchev–Trinajstić information content (AvgIpc) is 2.05. The number of rotatable bonds is 4. The minimum atomic E-state index is 0.525. The fraction of sp³-hybridized carbons (Fsp3) is 0.500. The van der Waals surface area contributed by atoms with E-state index in [1.54, 1.807) is 13.2 Å². The number of anilines is 1. The number of nitrogens with zero attached hydrogens (tertiary/aromatic N) is 2. The van der Waals surface area contributed by atoms with Crippen LogP contribution in [0.5, 0.6) is 0 Å². The quantitative estimate of drug-likeness (QED) is 0.668. The van der Waals surface area contributed by atoms with Gasteiger partial charge in [0, 0.05) is 25.5 Å². The third kappa shape index (κ3) is 2.84. The van der Waals surface area contributed by atoms with Crippen molar-refractivity contribution in [1.82, 2.24) is 9.97 Å². The van der Waals surface area contributed by atoms with E-state index in [1.807, 2.05) is 0 Å². The van der Waals surface area contributed by atoms with Crippen molar-refractivity contribution in [2.45, 2.75) is 12.8 Å². The molecule has 4 nitrogen and oxygen atoms in total. The number of ether oxygens (including phenoxy) is 1. The molecule has 0 atom stereocenters. The number of methoxy groups -OCH3 is 1. The van der Waals surface area contributed by atoms with Crippen LogP contribution in [0.1, 0.15) is 12.1 Å². The highest BCUT2D eigenvalue weighted by atomic mass is 16.5. The Hall–Kier alpha value is -1.16. The SMILES string of the molecule is COCCCc1cc(N)ncn1. The van der Waals surface area contributed by atoms with E-state index in [2.05, 4.69) is 9.97 Å². The smallest absolute Gasteiger partial charge is 0.126 e. The van der Waals surface area contributed by atoms with Gasteiger partial charge < -0.3 is 10.5 Å². The molecule has 12 heavy (non-hydrogen) atoms. The Balaban J connectivity index is 2.41. The lowest BCUT2D eigenvalue weighted by molar-refractivity contribution is 0.195. The summed E-state index contributed by atoms with van der Waals surface area (Å²) in [6.07, 6.45) is 3.34. The van der Waals surface area contributed by atoms with Crippen LogP contribution in [0.3, 0.4) is 0 Å². The van der Waals surface area contributed by atoms with E-state index in [4.69, 9.17) is 10.5 Å². The van der Waals surface area contributed by atoms with Gasteiger partial charge in [-0.3, -0.25) is 0 Å². The van der Waals surface area contributed by atoms with E-state index in [0.717, 1.165) is 25.1 Å². The molecule has 1 rings (SSSR count). The summed E-state index contributed by atoms with van der Waals surface area (Å²) >= 11 is 0. The molecule has 0 spiro atoms. The van der Waals surface area contributed by atoms with Crippen LogP contribution in [0, 0.1) is 0 Å². The Morgan fingerprint density at radius 2 is 2.33 bits per heavy atom. The lowest BCUT2D eigenvalue weighted by atomic mass is 10.2. The zero-order chi connectivity index (χ0) is 8.81. The molecular weight excluding hydrogens is 154 g/mol. The first-order valence-electron chi connectivity index (χ1n) is 3.88. The van der Waals surface area contributed by atoms with E-state index in [0.29, 0.717) is 5.82 Å². The molecule has 0 aliphatic rings.